The van der Waals surface area contributed by atoms with Crippen molar-refractivity contribution in [1.82, 2.24) is 0 Å². The van der Waals surface area contributed by atoms with Gasteiger partial charge in [-0.2, -0.15) is 0 Å². The molecule has 0 fully saturated rings. The molecule has 0 aromatic heterocycles. The first-order valence-corrected chi connectivity index (χ1v) is 6.67. The summed E-state index contributed by atoms with van der Waals surface area (Å²) in [4.78, 5) is 0. The Hall–Kier alpha value is -1.05. The van der Waals surface area contributed by atoms with Crippen molar-refractivity contribution in [2.24, 2.45) is 0 Å². The Morgan fingerprint density at radius 3 is 2.39 bits per heavy atom. The molecule has 1 atom stereocenters. The second-order valence-electron chi connectivity index (χ2n) is 4.20. The lowest BCUT2D eigenvalue weighted by atomic mass is 9.93. The Labute approximate surface area is 116 Å². The van der Waals surface area contributed by atoms with Gasteiger partial charge in [0.25, 0.3) is 0 Å². The minimum atomic E-state index is -0.314. The van der Waals surface area contributed by atoms with E-state index in [-0.39, 0.29) is 11.7 Å². The molecule has 0 bridgehead atoms. The van der Waals surface area contributed by atoms with Crippen LogP contribution in [0.4, 0.5) is 4.39 Å². The molecule has 0 saturated heterocycles. The predicted molar refractivity (Wildman–Crippen MR) is 75.0 cm³/mol. The Morgan fingerprint density at radius 2 is 1.78 bits per heavy atom. The summed E-state index contributed by atoms with van der Waals surface area (Å²) in [6, 6.07) is 14.5. The van der Waals surface area contributed by atoms with Crippen molar-refractivity contribution < 1.29 is 4.39 Å². The van der Waals surface area contributed by atoms with Crippen molar-refractivity contribution >= 4 is 23.2 Å². The molecule has 0 aliphatic heterocycles. The summed E-state index contributed by atoms with van der Waals surface area (Å²) in [7, 11) is 0. The van der Waals surface area contributed by atoms with E-state index in [1.54, 1.807) is 6.07 Å². The largest absolute Gasteiger partial charge is 0.207 e. The molecule has 2 aromatic carbocycles. The predicted octanol–water partition coefficient (Wildman–Crippen LogP) is 5.04. The van der Waals surface area contributed by atoms with Gasteiger partial charge in [-0.1, -0.05) is 48.0 Å². The highest BCUT2D eigenvalue weighted by molar-refractivity contribution is 6.31. The molecule has 94 valence electrons. The van der Waals surface area contributed by atoms with E-state index in [1.807, 2.05) is 30.3 Å². The molecule has 3 heteroatoms. The van der Waals surface area contributed by atoms with Crippen LogP contribution in [0.15, 0.2) is 48.5 Å². The Balaban J connectivity index is 2.21. The molecule has 2 rings (SSSR count). The van der Waals surface area contributed by atoms with Crippen LogP contribution in [0.5, 0.6) is 0 Å². The molecule has 0 spiro atoms. The number of alkyl halides is 1. The van der Waals surface area contributed by atoms with Crippen molar-refractivity contribution in [3.05, 3.63) is 70.5 Å². The summed E-state index contributed by atoms with van der Waals surface area (Å²) in [6.45, 7) is 0. The monoisotopic (exact) mass is 282 g/mol. The average Bonchev–Trinajstić information content (AvgIpc) is 2.39. The summed E-state index contributed by atoms with van der Waals surface area (Å²) < 4.78 is 13.0. The Bertz CT molecular complexity index is 511. The van der Waals surface area contributed by atoms with Gasteiger partial charge in [-0.25, -0.2) is 4.39 Å². The number of hydrogen-bond donors (Lipinski definition) is 0. The van der Waals surface area contributed by atoms with E-state index in [1.165, 1.54) is 17.7 Å². The van der Waals surface area contributed by atoms with Crippen LogP contribution < -0.4 is 0 Å². The van der Waals surface area contributed by atoms with Crippen molar-refractivity contribution in [2.45, 2.75) is 12.3 Å². The highest BCUT2D eigenvalue weighted by Gasteiger charge is 2.13. The lowest BCUT2D eigenvalue weighted by Gasteiger charge is -2.15. The van der Waals surface area contributed by atoms with Gasteiger partial charge in [-0.3, -0.25) is 0 Å². The van der Waals surface area contributed by atoms with Gasteiger partial charge in [0, 0.05) is 16.8 Å². The summed E-state index contributed by atoms with van der Waals surface area (Å²) >= 11 is 12.1. The molecule has 0 aliphatic carbocycles. The lowest BCUT2D eigenvalue weighted by molar-refractivity contribution is 0.626. The molecule has 0 amide bonds. The maximum absolute atomic E-state index is 13.0. The van der Waals surface area contributed by atoms with Gasteiger partial charge in [0.05, 0.1) is 0 Å². The molecule has 18 heavy (non-hydrogen) atoms. The molecule has 0 radical (unpaired) electrons. The van der Waals surface area contributed by atoms with Crippen LogP contribution in [0.3, 0.4) is 0 Å². The fraction of sp³-hybridized carbons (Fsp3) is 0.200. The quantitative estimate of drug-likeness (QED) is 0.689. The smallest absolute Gasteiger partial charge is 0.124 e. The van der Waals surface area contributed by atoms with Gasteiger partial charge in [0.15, 0.2) is 0 Å². The van der Waals surface area contributed by atoms with E-state index >= 15 is 0 Å². The maximum Gasteiger partial charge on any atom is 0.124 e. The van der Waals surface area contributed by atoms with Crippen LogP contribution in [-0.2, 0) is 6.42 Å². The minimum Gasteiger partial charge on any atom is -0.207 e. The number of halogens is 3. The SMILES string of the molecule is Fc1ccc(CC(CCl)c2ccccc2)c(Cl)c1. The van der Waals surface area contributed by atoms with Gasteiger partial charge in [0.2, 0.25) is 0 Å². The molecule has 0 saturated carbocycles. The van der Waals surface area contributed by atoms with E-state index < -0.39 is 0 Å². The third kappa shape index (κ3) is 3.24. The van der Waals surface area contributed by atoms with Gasteiger partial charge >= 0.3 is 0 Å². The van der Waals surface area contributed by atoms with Gasteiger partial charge in [-0.15, -0.1) is 11.6 Å². The van der Waals surface area contributed by atoms with Crippen LogP contribution >= 0.6 is 23.2 Å². The lowest BCUT2D eigenvalue weighted by Crippen LogP contribution is -2.05. The minimum absolute atomic E-state index is 0.191. The van der Waals surface area contributed by atoms with Crippen molar-refractivity contribution in [2.75, 3.05) is 5.88 Å². The zero-order valence-corrected chi connectivity index (χ0v) is 11.3. The van der Waals surface area contributed by atoms with Crippen LogP contribution in [0.1, 0.15) is 17.0 Å². The summed E-state index contributed by atoms with van der Waals surface area (Å²) in [5.74, 6) is 0.388. The zero-order valence-electron chi connectivity index (χ0n) is 9.74. The molecular formula is C15H13Cl2F. The Kier molecular flexibility index (Phi) is 4.62. The molecule has 0 aliphatic rings. The van der Waals surface area contributed by atoms with Crippen LogP contribution in [-0.4, -0.2) is 5.88 Å². The first-order valence-electron chi connectivity index (χ1n) is 5.75. The molecule has 2 aromatic rings. The fourth-order valence-corrected chi connectivity index (χ4v) is 2.47. The van der Waals surface area contributed by atoms with E-state index in [0.717, 1.165) is 5.56 Å². The topological polar surface area (TPSA) is 0 Å². The standard InChI is InChI=1S/C15H13Cl2F/c16-10-13(11-4-2-1-3-5-11)8-12-6-7-14(18)9-15(12)17/h1-7,9,13H,8,10H2. The van der Waals surface area contributed by atoms with Crippen molar-refractivity contribution in [3.8, 4) is 0 Å². The van der Waals surface area contributed by atoms with Crippen molar-refractivity contribution in [3.63, 3.8) is 0 Å². The zero-order chi connectivity index (χ0) is 13.0. The summed E-state index contributed by atoms with van der Waals surface area (Å²) in [6.07, 6.45) is 0.715. The number of benzene rings is 2. The van der Waals surface area contributed by atoms with E-state index in [4.69, 9.17) is 23.2 Å². The normalized spacial score (nSPS) is 12.4. The first-order chi connectivity index (χ1) is 8.70. The van der Waals surface area contributed by atoms with Crippen molar-refractivity contribution in [1.29, 1.82) is 0 Å². The Morgan fingerprint density at radius 1 is 1.06 bits per heavy atom. The van der Waals surface area contributed by atoms with Crippen LogP contribution in [0, 0.1) is 5.82 Å². The van der Waals surface area contributed by atoms with E-state index in [9.17, 15) is 4.39 Å². The molecule has 0 nitrogen and oxygen atoms in total. The molecular weight excluding hydrogens is 270 g/mol. The third-order valence-corrected chi connectivity index (χ3v) is 3.66. The summed E-state index contributed by atoms with van der Waals surface area (Å²) in [5.41, 5.74) is 2.10. The molecule has 1 unspecified atom stereocenters. The van der Waals surface area contributed by atoms with Gasteiger partial charge < -0.3 is 0 Å². The van der Waals surface area contributed by atoms with E-state index in [0.29, 0.717) is 17.3 Å². The van der Waals surface area contributed by atoms with Gasteiger partial charge in [0.1, 0.15) is 5.82 Å². The average molecular weight is 283 g/mol. The highest BCUT2D eigenvalue weighted by Crippen LogP contribution is 2.26. The van der Waals surface area contributed by atoms with Gasteiger partial charge in [-0.05, 0) is 29.7 Å². The number of hydrogen-bond acceptors (Lipinski definition) is 0. The summed E-state index contributed by atoms with van der Waals surface area (Å²) in [5, 5.41) is 0.459. The highest BCUT2D eigenvalue weighted by atomic mass is 35.5. The van der Waals surface area contributed by atoms with Crippen LogP contribution in [0.2, 0.25) is 5.02 Å². The first kappa shape index (κ1) is 13.4. The van der Waals surface area contributed by atoms with Crippen LogP contribution in [0.25, 0.3) is 0 Å². The fourth-order valence-electron chi connectivity index (χ4n) is 1.94. The van der Waals surface area contributed by atoms with E-state index in [2.05, 4.69) is 0 Å². The second-order valence-corrected chi connectivity index (χ2v) is 4.92. The molecule has 0 heterocycles. The maximum atomic E-state index is 13.0. The second kappa shape index (κ2) is 6.21. The number of rotatable bonds is 4. The molecule has 0 N–H and O–H groups in total. The third-order valence-electron chi connectivity index (χ3n) is 2.94.